The molecule has 6 nitrogen and oxygen atoms in total. The van der Waals surface area contributed by atoms with Crippen molar-refractivity contribution < 1.29 is 4.79 Å². The number of carbonyl (C=O) groups is 1. The van der Waals surface area contributed by atoms with Crippen LogP contribution in [0.4, 0.5) is 0 Å². The van der Waals surface area contributed by atoms with Gasteiger partial charge in [0.05, 0.1) is 11.4 Å². The van der Waals surface area contributed by atoms with Gasteiger partial charge in [-0.05, 0) is 32.0 Å². The molecule has 21 heavy (non-hydrogen) atoms. The van der Waals surface area contributed by atoms with Crippen molar-refractivity contribution in [2.75, 3.05) is 13.6 Å². The second-order valence-corrected chi connectivity index (χ2v) is 5.83. The molecule has 0 saturated carbocycles. The summed E-state index contributed by atoms with van der Waals surface area (Å²) >= 11 is 3.42. The lowest BCUT2D eigenvalue weighted by atomic mass is 10.2. The van der Waals surface area contributed by atoms with Crippen molar-refractivity contribution in [2.45, 2.75) is 19.9 Å². The molecular weight excluding hydrogens is 334 g/mol. The van der Waals surface area contributed by atoms with Crippen LogP contribution < -0.4 is 5.73 Å². The van der Waals surface area contributed by atoms with Gasteiger partial charge in [0, 0.05) is 24.1 Å². The van der Waals surface area contributed by atoms with Crippen molar-refractivity contribution >= 4 is 21.8 Å². The number of halogens is 1. The van der Waals surface area contributed by atoms with Crippen LogP contribution in [0.3, 0.4) is 0 Å². The minimum atomic E-state index is -0.174. The van der Waals surface area contributed by atoms with Gasteiger partial charge in [0.15, 0.2) is 5.69 Å². The van der Waals surface area contributed by atoms with Crippen molar-refractivity contribution in [3.05, 3.63) is 40.1 Å². The summed E-state index contributed by atoms with van der Waals surface area (Å²) in [5, 5.41) is 8.11. The fourth-order valence-corrected chi connectivity index (χ4v) is 2.29. The Labute approximate surface area is 132 Å². The van der Waals surface area contributed by atoms with Crippen LogP contribution in [0.2, 0.25) is 0 Å². The van der Waals surface area contributed by atoms with Crippen LogP contribution >= 0.6 is 15.9 Å². The number of hydrogen-bond donors (Lipinski definition) is 1. The van der Waals surface area contributed by atoms with E-state index in [1.165, 1.54) is 0 Å². The molecule has 2 rings (SSSR count). The quantitative estimate of drug-likeness (QED) is 0.910. The molecule has 1 amide bonds. The summed E-state index contributed by atoms with van der Waals surface area (Å²) in [5.41, 5.74) is 7.50. The molecule has 1 heterocycles. The first-order valence-electron chi connectivity index (χ1n) is 6.61. The van der Waals surface area contributed by atoms with Gasteiger partial charge in [0.1, 0.15) is 0 Å². The van der Waals surface area contributed by atoms with E-state index in [0.717, 1.165) is 10.2 Å². The lowest BCUT2D eigenvalue weighted by Crippen LogP contribution is -2.40. The number of nitrogens with two attached hydrogens (primary N) is 1. The second kappa shape index (κ2) is 6.36. The van der Waals surface area contributed by atoms with Gasteiger partial charge in [-0.1, -0.05) is 27.2 Å². The van der Waals surface area contributed by atoms with Gasteiger partial charge in [0.25, 0.3) is 5.91 Å². The largest absolute Gasteiger partial charge is 0.336 e. The molecule has 2 N–H and O–H groups in total. The van der Waals surface area contributed by atoms with Crippen LogP contribution in [0.25, 0.3) is 5.69 Å². The summed E-state index contributed by atoms with van der Waals surface area (Å²) in [6.07, 6.45) is 0. The van der Waals surface area contributed by atoms with Crippen LogP contribution in [-0.4, -0.2) is 45.4 Å². The third kappa shape index (κ3) is 3.14. The van der Waals surface area contributed by atoms with E-state index in [-0.39, 0.29) is 11.9 Å². The summed E-state index contributed by atoms with van der Waals surface area (Å²) in [5.74, 6) is -0.174. The maximum Gasteiger partial charge on any atom is 0.276 e. The van der Waals surface area contributed by atoms with E-state index in [4.69, 9.17) is 5.73 Å². The molecule has 1 unspecified atom stereocenters. The molecule has 112 valence electrons. The van der Waals surface area contributed by atoms with Crippen LogP contribution in [0.15, 0.2) is 28.7 Å². The average molecular weight is 352 g/mol. The van der Waals surface area contributed by atoms with Gasteiger partial charge in [-0.2, -0.15) is 0 Å². The van der Waals surface area contributed by atoms with Crippen LogP contribution in [0, 0.1) is 6.92 Å². The predicted molar refractivity (Wildman–Crippen MR) is 84.4 cm³/mol. The number of aromatic nitrogens is 3. The minimum Gasteiger partial charge on any atom is -0.336 e. The highest BCUT2D eigenvalue weighted by Crippen LogP contribution is 2.18. The molecule has 0 fully saturated rings. The van der Waals surface area contributed by atoms with E-state index < -0.39 is 0 Å². The lowest BCUT2D eigenvalue weighted by molar-refractivity contribution is 0.0741. The van der Waals surface area contributed by atoms with Gasteiger partial charge >= 0.3 is 0 Å². The first-order chi connectivity index (χ1) is 9.95. The molecule has 1 aromatic heterocycles. The van der Waals surface area contributed by atoms with E-state index in [1.54, 1.807) is 16.6 Å². The Morgan fingerprint density at radius 1 is 1.52 bits per heavy atom. The Balaban J connectivity index is 2.35. The zero-order chi connectivity index (χ0) is 15.6. The third-order valence-electron chi connectivity index (χ3n) is 3.47. The molecule has 0 spiro atoms. The average Bonchev–Trinajstić information content (AvgIpc) is 2.86. The fourth-order valence-electron chi connectivity index (χ4n) is 1.91. The van der Waals surface area contributed by atoms with E-state index in [0.29, 0.717) is 17.9 Å². The van der Waals surface area contributed by atoms with Gasteiger partial charge in [-0.15, -0.1) is 5.10 Å². The Bertz CT molecular complexity index is 655. The first kappa shape index (κ1) is 15.7. The van der Waals surface area contributed by atoms with Gasteiger partial charge in [-0.25, -0.2) is 4.68 Å². The molecule has 7 heteroatoms. The van der Waals surface area contributed by atoms with E-state index in [9.17, 15) is 4.79 Å². The topological polar surface area (TPSA) is 77.0 Å². The highest BCUT2D eigenvalue weighted by molar-refractivity contribution is 9.10. The van der Waals surface area contributed by atoms with E-state index in [1.807, 2.05) is 38.1 Å². The third-order valence-corrected chi connectivity index (χ3v) is 3.97. The summed E-state index contributed by atoms with van der Waals surface area (Å²) in [4.78, 5) is 14.0. The number of carbonyl (C=O) groups excluding carboxylic acids is 1. The molecule has 0 saturated heterocycles. The standard InChI is InChI=1S/C14H18BrN5O/c1-9(8-16)19(3)14(21)13-10(2)20(18-17-13)12-6-4-5-11(15)7-12/h4-7,9H,8,16H2,1-3H3. The Kier molecular flexibility index (Phi) is 4.74. The molecule has 1 atom stereocenters. The number of hydrogen-bond acceptors (Lipinski definition) is 4. The van der Waals surface area contributed by atoms with Gasteiger partial charge in [0.2, 0.25) is 0 Å². The van der Waals surface area contributed by atoms with Crippen molar-refractivity contribution in [1.29, 1.82) is 0 Å². The second-order valence-electron chi connectivity index (χ2n) is 4.92. The lowest BCUT2D eigenvalue weighted by Gasteiger charge is -2.22. The van der Waals surface area contributed by atoms with E-state index >= 15 is 0 Å². The number of nitrogens with zero attached hydrogens (tertiary/aromatic N) is 4. The van der Waals surface area contributed by atoms with Gasteiger partial charge < -0.3 is 10.6 Å². The predicted octanol–water partition coefficient (Wildman–Crippen LogP) is 1.76. The SMILES string of the molecule is Cc1c(C(=O)N(C)C(C)CN)nnn1-c1cccc(Br)c1. The van der Waals surface area contributed by atoms with E-state index in [2.05, 4.69) is 26.2 Å². The summed E-state index contributed by atoms with van der Waals surface area (Å²) in [6.45, 7) is 4.13. The molecule has 0 aliphatic heterocycles. The van der Waals surface area contributed by atoms with Crippen molar-refractivity contribution in [3.8, 4) is 5.69 Å². The first-order valence-corrected chi connectivity index (χ1v) is 7.40. The summed E-state index contributed by atoms with van der Waals surface area (Å²) < 4.78 is 2.59. The number of likely N-dealkylation sites (N-methyl/N-ethyl adjacent to an activating group) is 1. The molecular formula is C14H18BrN5O. The number of rotatable bonds is 4. The molecule has 2 aromatic rings. The highest BCUT2D eigenvalue weighted by atomic mass is 79.9. The zero-order valence-electron chi connectivity index (χ0n) is 12.2. The normalized spacial score (nSPS) is 12.2. The van der Waals surface area contributed by atoms with Crippen LogP contribution in [0.1, 0.15) is 23.1 Å². The maximum absolute atomic E-state index is 12.4. The number of benzene rings is 1. The van der Waals surface area contributed by atoms with Crippen molar-refractivity contribution in [1.82, 2.24) is 19.9 Å². The smallest absolute Gasteiger partial charge is 0.276 e. The Hall–Kier alpha value is -1.73. The molecule has 0 aliphatic rings. The van der Waals surface area contributed by atoms with Crippen LogP contribution in [0.5, 0.6) is 0 Å². The highest BCUT2D eigenvalue weighted by Gasteiger charge is 2.23. The molecule has 0 aliphatic carbocycles. The monoisotopic (exact) mass is 351 g/mol. The molecule has 0 radical (unpaired) electrons. The Morgan fingerprint density at radius 2 is 2.24 bits per heavy atom. The Morgan fingerprint density at radius 3 is 2.86 bits per heavy atom. The molecule has 1 aromatic carbocycles. The molecule has 0 bridgehead atoms. The minimum absolute atomic E-state index is 0.0482. The zero-order valence-corrected chi connectivity index (χ0v) is 13.8. The maximum atomic E-state index is 12.4. The van der Waals surface area contributed by atoms with Crippen LogP contribution in [-0.2, 0) is 0 Å². The summed E-state index contributed by atoms with van der Waals surface area (Å²) in [6, 6.07) is 7.62. The van der Waals surface area contributed by atoms with Crippen molar-refractivity contribution in [3.63, 3.8) is 0 Å². The number of amides is 1. The van der Waals surface area contributed by atoms with Crippen molar-refractivity contribution in [2.24, 2.45) is 5.73 Å². The fraction of sp³-hybridized carbons (Fsp3) is 0.357. The van der Waals surface area contributed by atoms with Gasteiger partial charge in [-0.3, -0.25) is 4.79 Å². The summed E-state index contributed by atoms with van der Waals surface area (Å²) in [7, 11) is 1.72.